The van der Waals surface area contributed by atoms with Crippen molar-refractivity contribution in [3.8, 4) is 0 Å². The summed E-state index contributed by atoms with van der Waals surface area (Å²) >= 11 is 0. The van der Waals surface area contributed by atoms with Crippen LogP contribution in [0.4, 0.5) is 0 Å². The Kier molecular flexibility index (Phi) is 8.62. The van der Waals surface area contributed by atoms with Crippen molar-refractivity contribution in [1.82, 2.24) is 0 Å². The Morgan fingerprint density at radius 3 is 2.17 bits per heavy atom. The molecule has 0 fully saturated rings. The third-order valence-corrected chi connectivity index (χ3v) is 2.41. The summed E-state index contributed by atoms with van der Waals surface area (Å²) in [6.45, 7) is 7.82. The minimum absolute atomic E-state index is 0.304. The number of hydrogen-bond acceptors (Lipinski definition) is 4. The van der Waals surface area contributed by atoms with Crippen molar-refractivity contribution in [2.75, 3.05) is 0 Å². The van der Waals surface area contributed by atoms with Gasteiger partial charge in [0.05, 0.1) is 11.8 Å². The van der Waals surface area contributed by atoms with E-state index in [-0.39, 0.29) is 0 Å². The molecule has 4 nitrogen and oxygen atoms in total. The van der Waals surface area contributed by atoms with Gasteiger partial charge < -0.3 is 9.47 Å². The van der Waals surface area contributed by atoms with E-state index in [9.17, 15) is 9.59 Å². The molecule has 18 heavy (non-hydrogen) atoms. The topological polar surface area (TPSA) is 52.6 Å². The van der Waals surface area contributed by atoms with E-state index < -0.39 is 5.97 Å². The minimum Gasteiger partial charge on any atom is -0.433 e. The fourth-order valence-electron chi connectivity index (χ4n) is 1.49. The molecule has 0 saturated carbocycles. The molecule has 0 saturated heterocycles. The zero-order valence-electron chi connectivity index (χ0n) is 11.6. The number of esters is 1. The SMILES string of the molecule is CCCC(C)=COC(=O)C(CCC)=C(C)OC=O. The smallest absolute Gasteiger partial charge is 0.342 e. The number of hydrogen-bond donors (Lipinski definition) is 0. The third kappa shape index (κ3) is 6.23. The second-order valence-electron chi connectivity index (χ2n) is 4.12. The van der Waals surface area contributed by atoms with Crippen molar-refractivity contribution in [3.63, 3.8) is 0 Å². The predicted molar refractivity (Wildman–Crippen MR) is 69.5 cm³/mol. The Morgan fingerprint density at radius 1 is 1.06 bits per heavy atom. The first-order valence-electron chi connectivity index (χ1n) is 6.23. The van der Waals surface area contributed by atoms with Gasteiger partial charge in [0.1, 0.15) is 5.76 Å². The van der Waals surface area contributed by atoms with Crippen LogP contribution in [0.15, 0.2) is 23.2 Å². The van der Waals surface area contributed by atoms with Gasteiger partial charge in [-0.3, -0.25) is 4.79 Å². The lowest BCUT2D eigenvalue weighted by Gasteiger charge is -2.08. The quantitative estimate of drug-likeness (QED) is 0.288. The van der Waals surface area contributed by atoms with E-state index >= 15 is 0 Å². The average molecular weight is 254 g/mol. The number of rotatable bonds is 8. The fourth-order valence-corrected chi connectivity index (χ4v) is 1.49. The molecule has 0 aliphatic heterocycles. The van der Waals surface area contributed by atoms with Crippen molar-refractivity contribution in [2.24, 2.45) is 0 Å². The largest absolute Gasteiger partial charge is 0.433 e. The molecule has 0 aromatic rings. The number of carbonyl (C=O) groups is 2. The normalized spacial score (nSPS) is 12.8. The standard InChI is InChI=1S/C14H22O4/c1-5-7-11(3)9-17-14(16)13(8-6-2)12(4)18-10-15/h9-10H,5-8H2,1-4H3. The molecule has 0 aliphatic carbocycles. The van der Waals surface area contributed by atoms with Gasteiger partial charge in [-0.25, -0.2) is 4.79 Å². The maximum absolute atomic E-state index is 11.8. The minimum atomic E-state index is -0.452. The summed E-state index contributed by atoms with van der Waals surface area (Å²) in [7, 11) is 0. The Balaban J connectivity index is 4.73. The van der Waals surface area contributed by atoms with Crippen LogP contribution in [0.5, 0.6) is 0 Å². The van der Waals surface area contributed by atoms with Crippen LogP contribution in [0.25, 0.3) is 0 Å². The van der Waals surface area contributed by atoms with Gasteiger partial charge in [-0.2, -0.15) is 0 Å². The fraction of sp³-hybridized carbons (Fsp3) is 0.571. The Labute approximate surface area is 109 Å². The molecule has 0 aromatic heterocycles. The molecule has 0 heterocycles. The van der Waals surface area contributed by atoms with Crippen molar-refractivity contribution < 1.29 is 19.1 Å². The summed E-state index contributed by atoms with van der Waals surface area (Å²) in [5.41, 5.74) is 1.42. The lowest BCUT2D eigenvalue weighted by Crippen LogP contribution is -2.08. The maximum atomic E-state index is 11.8. The van der Waals surface area contributed by atoms with Gasteiger partial charge in [-0.1, -0.05) is 26.7 Å². The highest BCUT2D eigenvalue weighted by Gasteiger charge is 2.14. The first-order chi connectivity index (χ1) is 8.56. The van der Waals surface area contributed by atoms with E-state index in [2.05, 4.69) is 6.92 Å². The van der Waals surface area contributed by atoms with Crippen LogP contribution in [0.1, 0.15) is 53.4 Å². The van der Waals surface area contributed by atoms with E-state index in [4.69, 9.17) is 9.47 Å². The zero-order chi connectivity index (χ0) is 14.0. The monoisotopic (exact) mass is 254 g/mol. The van der Waals surface area contributed by atoms with E-state index in [1.165, 1.54) is 6.26 Å². The van der Waals surface area contributed by atoms with Gasteiger partial charge >= 0.3 is 5.97 Å². The maximum Gasteiger partial charge on any atom is 0.342 e. The van der Waals surface area contributed by atoms with Gasteiger partial charge in [0.2, 0.25) is 0 Å². The molecule has 0 amide bonds. The van der Waals surface area contributed by atoms with Crippen LogP contribution in [0, 0.1) is 0 Å². The summed E-state index contributed by atoms with van der Waals surface area (Å²) in [4.78, 5) is 22.1. The summed E-state index contributed by atoms with van der Waals surface area (Å²) in [5, 5.41) is 0. The zero-order valence-corrected chi connectivity index (χ0v) is 11.6. The van der Waals surface area contributed by atoms with Crippen molar-refractivity contribution in [3.05, 3.63) is 23.2 Å². The molecular formula is C14H22O4. The molecule has 0 spiro atoms. The van der Waals surface area contributed by atoms with Gasteiger partial charge in [-0.15, -0.1) is 0 Å². The molecule has 0 bridgehead atoms. The molecule has 0 atom stereocenters. The van der Waals surface area contributed by atoms with E-state index in [1.54, 1.807) is 6.92 Å². The van der Waals surface area contributed by atoms with Crippen LogP contribution in [-0.2, 0) is 19.1 Å². The van der Waals surface area contributed by atoms with Gasteiger partial charge in [-0.05, 0) is 32.3 Å². The van der Waals surface area contributed by atoms with Crippen molar-refractivity contribution >= 4 is 12.4 Å². The number of carbonyl (C=O) groups excluding carboxylic acids is 2. The Morgan fingerprint density at radius 2 is 1.67 bits per heavy atom. The number of allylic oxidation sites excluding steroid dienone is 2. The van der Waals surface area contributed by atoms with E-state index in [0.717, 1.165) is 24.8 Å². The highest BCUT2D eigenvalue weighted by Crippen LogP contribution is 2.14. The molecule has 0 rings (SSSR count). The van der Waals surface area contributed by atoms with E-state index in [1.807, 2.05) is 13.8 Å². The first-order valence-corrected chi connectivity index (χ1v) is 6.23. The summed E-state index contributed by atoms with van der Waals surface area (Å²) in [5.74, 6) is -0.148. The van der Waals surface area contributed by atoms with Crippen molar-refractivity contribution in [1.29, 1.82) is 0 Å². The summed E-state index contributed by atoms with van der Waals surface area (Å²) in [6.07, 6.45) is 4.67. The van der Waals surface area contributed by atoms with E-state index in [0.29, 0.717) is 24.2 Å². The highest BCUT2D eigenvalue weighted by atomic mass is 16.5. The first kappa shape index (κ1) is 16.4. The second-order valence-corrected chi connectivity index (χ2v) is 4.12. The van der Waals surface area contributed by atoms with Crippen LogP contribution >= 0.6 is 0 Å². The third-order valence-electron chi connectivity index (χ3n) is 2.41. The molecule has 0 unspecified atom stereocenters. The molecule has 102 valence electrons. The van der Waals surface area contributed by atoms with Gasteiger partial charge in [0.25, 0.3) is 6.47 Å². The molecule has 0 N–H and O–H groups in total. The Bertz CT molecular complexity index is 340. The molecule has 0 aliphatic rings. The lowest BCUT2D eigenvalue weighted by molar-refractivity contribution is -0.134. The highest BCUT2D eigenvalue weighted by molar-refractivity contribution is 5.89. The average Bonchev–Trinajstić information content (AvgIpc) is 2.33. The van der Waals surface area contributed by atoms with Crippen molar-refractivity contribution in [2.45, 2.75) is 53.4 Å². The second kappa shape index (κ2) is 9.45. The molecule has 0 aromatic carbocycles. The molecular weight excluding hydrogens is 232 g/mol. The lowest BCUT2D eigenvalue weighted by atomic mass is 10.1. The number of ether oxygens (including phenoxy) is 2. The van der Waals surface area contributed by atoms with Crippen LogP contribution in [0.2, 0.25) is 0 Å². The van der Waals surface area contributed by atoms with Gasteiger partial charge in [0.15, 0.2) is 0 Å². The van der Waals surface area contributed by atoms with Crippen LogP contribution in [-0.4, -0.2) is 12.4 Å². The van der Waals surface area contributed by atoms with Crippen LogP contribution in [0.3, 0.4) is 0 Å². The molecule has 0 radical (unpaired) electrons. The molecule has 4 heteroatoms. The predicted octanol–water partition coefficient (Wildman–Crippen LogP) is 3.48. The summed E-state index contributed by atoms with van der Waals surface area (Å²) in [6, 6.07) is 0. The Hall–Kier alpha value is -1.58. The van der Waals surface area contributed by atoms with Gasteiger partial charge in [0, 0.05) is 0 Å². The summed E-state index contributed by atoms with van der Waals surface area (Å²) < 4.78 is 9.79. The van der Waals surface area contributed by atoms with Crippen LogP contribution < -0.4 is 0 Å².